The lowest BCUT2D eigenvalue weighted by Gasteiger charge is -2.35. The lowest BCUT2D eigenvalue weighted by molar-refractivity contribution is -0.115. The highest BCUT2D eigenvalue weighted by atomic mass is 32.2. The van der Waals surface area contributed by atoms with Gasteiger partial charge in [0.05, 0.1) is 10.6 Å². The molecule has 2 aromatic carbocycles. The number of carbonyl (C=O) groups excluding carboxylic acids is 2. The summed E-state index contributed by atoms with van der Waals surface area (Å²) in [7, 11) is 0. The first kappa shape index (κ1) is 17.8. The maximum atomic E-state index is 12.0. The molecule has 0 bridgehead atoms. The Morgan fingerprint density at radius 1 is 1.11 bits per heavy atom. The van der Waals surface area contributed by atoms with Crippen molar-refractivity contribution in [2.75, 3.05) is 18.0 Å². The van der Waals surface area contributed by atoms with E-state index in [0.717, 1.165) is 60.1 Å². The second kappa shape index (κ2) is 7.58. The van der Waals surface area contributed by atoms with Gasteiger partial charge in [0.25, 0.3) is 11.1 Å². The normalized spacial score (nSPS) is 21.6. The van der Waals surface area contributed by atoms with E-state index in [1.54, 1.807) is 0 Å². The number of nitrogens with one attached hydrogen (secondary N) is 1. The lowest BCUT2D eigenvalue weighted by Crippen LogP contribution is -2.43. The number of imide groups is 1. The molecule has 0 aliphatic carbocycles. The Morgan fingerprint density at radius 2 is 1.93 bits per heavy atom. The first-order valence-corrected chi connectivity index (χ1v) is 9.87. The molecule has 2 aliphatic heterocycles. The molecule has 0 spiro atoms. The van der Waals surface area contributed by atoms with Gasteiger partial charge in [-0.1, -0.05) is 48.5 Å². The van der Waals surface area contributed by atoms with Crippen LogP contribution >= 0.6 is 11.8 Å². The van der Waals surface area contributed by atoms with Gasteiger partial charge in [0, 0.05) is 24.7 Å². The minimum Gasteiger partial charge on any atom is -0.369 e. The minimum atomic E-state index is -0.337. The molecule has 2 aromatic rings. The van der Waals surface area contributed by atoms with Crippen molar-refractivity contribution in [3.63, 3.8) is 0 Å². The lowest BCUT2D eigenvalue weighted by atomic mass is 9.96. The van der Waals surface area contributed by atoms with Crippen LogP contribution in [0.4, 0.5) is 10.5 Å². The number of hydrogen-bond donors (Lipinski definition) is 2. The van der Waals surface area contributed by atoms with Crippen LogP contribution in [0.2, 0.25) is 0 Å². The van der Waals surface area contributed by atoms with Crippen molar-refractivity contribution in [1.82, 2.24) is 5.32 Å². The number of thioether (sulfide) groups is 1. The Hall–Kier alpha value is -2.57. The maximum absolute atomic E-state index is 12.0. The van der Waals surface area contributed by atoms with Gasteiger partial charge in [-0.3, -0.25) is 14.9 Å². The molecule has 4 rings (SSSR count). The van der Waals surface area contributed by atoms with Crippen LogP contribution in [0.15, 0.2) is 53.4 Å². The topological polar surface area (TPSA) is 75.4 Å². The Bertz CT molecular complexity index is 911. The van der Waals surface area contributed by atoms with Crippen molar-refractivity contribution in [3.8, 4) is 11.1 Å². The summed E-state index contributed by atoms with van der Waals surface area (Å²) in [4.78, 5) is 26.3. The van der Waals surface area contributed by atoms with Crippen molar-refractivity contribution in [2.24, 2.45) is 5.73 Å². The zero-order valence-electron chi connectivity index (χ0n) is 14.9. The molecule has 6 heteroatoms. The third kappa shape index (κ3) is 3.77. The van der Waals surface area contributed by atoms with E-state index < -0.39 is 0 Å². The molecule has 1 unspecified atom stereocenters. The third-order valence-corrected chi connectivity index (χ3v) is 5.67. The summed E-state index contributed by atoms with van der Waals surface area (Å²) in [6.45, 7) is 1.70. The van der Waals surface area contributed by atoms with Crippen LogP contribution in [0, 0.1) is 0 Å². The monoisotopic (exact) mass is 379 g/mol. The van der Waals surface area contributed by atoms with Crippen molar-refractivity contribution in [2.45, 2.75) is 18.9 Å². The molecular weight excluding hydrogens is 358 g/mol. The average Bonchev–Trinajstić information content (AvgIpc) is 2.99. The molecule has 2 fully saturated rings. The second-order valence-electron chi connectivity index (χ2n) is 6.81. The minimum absolute atomic E-state index is 0.133. The molecule has 138 valence electrons. The number of benzene rings is 2. The number of carbonyl (C=O) groups is 2. The number of hydrogen-bond acceptors (Lipinski definition) is 5. The molecular formula is C21H21N3O2S. The van der Waals surface area contributed by atoms with Crippen LogP contribution in [-0.4, -0.2) is 30.3 Å². The quantitative estimate of drug-likeness (QED) is 0.797. The molecule has 0 aromatic heterocycles. The Labute approximate surface area is 162 Å². The smallest absolute Gasteiger partial charge is 0.290 e. The molecule has 2 amide bonds. The number of rotatable bonds is 3. The molecule has 3 N–H and O–H groups in total. The summed E-state index contributed by atoms with van der Waals surface area (Å²) in [5.74, 6) is -0.337. The summed E-state index contributed by atoms with van der Waals surface area (Å²) >= 11 is 0.944. The first-order chi connectivity index (χ1) is 13.1. The maximum Gasteiger partial charge on any atom is 0.290 e. The number of anilines is 1. The van der Waals surface area contributed by atoms with E-state index >= 15 is 0 Å². The molecule has 2 heterocycles. The zero-order chi connectivity index (χ0) is 18.8. The molecule has 27 heavy (non-hydrogen) atoms. The molecule has 0 radical (unpaired) electrons. The van der Waals surface area contributed by atoms with Crippen molar-refractivity contribution >= 4 is 34.7 Å². The highest BCUT2D eigenvalue weighted by molar-refractivity contribution is 8.18. The van der Waals surface area contributed by atoms with Crippen LogP contribution in [0.1, 0.15) is 18.4 Å². The van der Waals surface area contributed by atoms with Gasteiger partial charge in [-0.05, 0) is 41.8 Å². The number of nitrogens with two attached hydrogens (primary N) is 1. The first-order valence-electron chi connectivity index (χ1n) is 9.05. The van der Waals surface area contributed by atoms with Crippen molar-refractivity contribution in [1.29, 1.82) is 0 Å². The van der Waals surface area contributed by atoms with Crippen LogP contribution in [0.3, 0.4) is 0 Å². The number of amides is 2. The van der Waals surface area contributed by atoms with Crippen LogP contribution < -0.4 is 16.0 Å². The number of piperidine rings is 1. The zero-order valence-corrected chi connectivity index (χ0v) is 15.7. The largest absolute Gasteiger partial charge is 0.369 e. The summed E-state index contributed by atoms with van der Waals surface area (Å²) in [5.41, 5.74) is 10.5. The predicted molar refractivity (Wildman–Crippen MR) is 110 cm³/mol. The standard InChI is InChI=1S/C21H21N3O2S/c22-16-9-5-11-24(13-16)19-15(12-18-20(25)23-21(26)27-18)8-4-10-17(19)14-6-2-1-3-7-14/h1-4,6-8,10,12,16H,5,9,11,13,22H2,(H,23,25,26). The van der Waals surface area contributed by atoms with Gasteiger partial charge >= 0.3 is 0 Å². The highest BCUT2D eigenvalue weighted by Crippen LogP contribution is 2.38. The van der Waals surface area contributed by atoms with E-state index in [1.165, 1.54) is 0 Å². The number of para-hydroxylation sites is 1. The Morgan fingerprint density at radius 3 is 2.63 bits per heavy atom. The van der Waals surface area contributed by atoms with E-state index in [2.05, 4.69) is 28.4 Å². The Balaban J connectivity index is 1.84. The van der Waals surface area contributed by atoms with E-state index in [0.29, 0.717) is 4.91 Å². The molecule has 1 atom stereocenters. The molecule has 0 saturated carbocycles. The van der Waals surface area contributed by atoms with E-state index in [9.17, 15) is 9.59 Å². The fraction of sp³-hybridized carbons (Fsp3) is 0.238. The average molecular weight is 379 g/mol. The van der Waals surface area contributed by atoms with Gasteiger partial charge in [0.15, 0.2) is 0 Å². The third-order valence-electron chi connectivity index (χ3n) is 4.85. The molecule has 5 nitrogen and oxygen atoms in total. The van der Waals surface area contributed by atoms with Crippen molar-refractivity contribution < 1.29 is 9.59 Å². The Kier molecular flexibility index (Phi) is 5.01. The van der Waals surface area contributed by atoms with Gasteiger partial charge in [0.1, 0.15) is 0 Å². The van der Waals surface area contributed by atoms with Crippen molar-refractivity contribution in [3.05, 3.63) is 59.0 Å². The summed E-state index contributed by atoms with van der Waals surface area (Å²) < 4.78 is 0. The fourth-order valence-corrected chi connectivity index (χ4v) is 4.33. The second-order valence-corrected chi connectivity index (χ2v) is 7.82. The van der Waals surface area contributed by atoms with Gasteiger partial charge in [-0.15, -0.1) is 0 Å². The fourth-order valence-electron chi connectivity index (χ4n) is 3.66. The van der Waals surface area contributed by atoms with Crippen LogP contribution in [-0.2, 0) is 4.79 Å². The van der Waals surface area contributed by atoms with Gasteiger partial charge < -0.3 is 10.6 Å². The SMILES string of the molecule is NC1CCCN(c2c(C=C3SC(=O)NC3=O)cccc2-c2ccccc2)C1. The van der Waals surface area contributed by atoms with Crippen LogP contribution in [0.5, 0.6) is 0 Å². The summed E-state index contributed by atoms with van der Waals surface area (Å²) in [6, 6.07) is 16.4. The predicted octanol–water partition coefficient (Wildman–Crippen LogP) is 3.61. The van der Waals surface area contributed by atoms with Gasteiger partial charge in [0.2, 0.25) is 0 Å². The summed E-state index contributed by atoms with van der Waals surface area (Å²) in [6.07, 6.45) is 3.87. The highest BCUT2D eigenvalue weighted by Gasteiger charge is 2.27. The van der Waals surface area contributed by atoms with Crippen LogP contribution in [0.25, 0.3) is 17.2 Å². The summed E-state index contributed by atoms with van der Waals surface area (Å²) in [5, 5.41) is 2.00. The van der Waals surface area contributed by atoms with E-state index in [1.807, 2.05) is 36.4 Å². The van der Waals surface area contributed by atoms with Gasteiger partial charge in [-0.2, -0.15) is 0 Å². The molecule has 2 aliphatic rings. The number of nitrogens with zero attached hydrogens (tertiary/aromatic N) is 1. The van der Waals surface area contributed by atoms with E-state index in [4.69, 9.17) is 5.73 Å². The van der Waals surface area contributed by atoms with E-state index in [-0.39, 0.29) is 17.2 Å². The van der Waals surface area contributed by atoms with Gasteiger partial charge in [-0.25, -0.2) is 0 Å². The molecule has 2 saturated heterocycles.